The molecular formula is C12H22O6. The van der Waals surface area contributed by atoms with Gasteiger partial charge in [0.1, 0.15) is 13.4 Å². The third kappa shape index (κ3) is 12.6. The average Bonchev–Trinajstić information content (AvgIpc) is 2.34. The minimum Gasteiger partial charge on any atom is -0.481 e. The van der Waals surface area contributed by atoms with Gasteiger partial charge in [0.05, 0.1) is 25.0 Å². The van der Waals surface area contributed by atoms with Gasteiger partial charge in [-0.1, -0.05) is 6.92 Å². The molecule has 0 heterocycles. The lowest BCUT2D eigenvalue weighted by molar-refractivity contribution is -0.150. The molecule has 18 heavy (non-hydrogen) atoms. The lowest BCUT2D eigenvalue weighted by Crippen LogP contribution is -2.25. The second kappa shape index (κ2) is 10.7. The lowest BCUT2D eigenvalue weighted by atomic mass is 10.1. The van der Waals surface area contributed by atoms with Gasteiger partial charge < -0.3 is 19.4 Å². The van der Waals surface area contributed by atoms with Gasteiger partial charge in [-0.3, -0.25) is 9.59 Å². The molecule has 0 rings (SSSR count). The number of ether oxygens (including phenoxy) is 2. The predicted octanol–water partition coefficient (Wildman–Crippen LogP) is 1.41. The molecule has 0 saturated carbocycles. The Morgan fingerprint density at radius 3 is 2.17 bits per heavy atom. The van der Waals surface area contributed by atoms with Gasteiger partial charge >= 0.3 is 11.9 Å². The molecule has 0 aromatic rings. The first kappa shape index (κ1) is 18.9. The summed E-state index contributed by atoms with van der Waals surface area (Å²) in [5.74, 6) is -1.50. The van der Waals surface area contributed by atoms with Crippen molar-refractivity contribution in [1.29, 1.82) is 0 Å². The topological polar surface area (TPSA) is 89.9 Å². The van der Waals surface area contributed by atoms with E-state index < -0.39 is 11.9 Å². The molecule has 0 radical (unpaired) electrons. The minimum absolute atomic E-state index is 0.0908. The van der Waals surface area contributed by atoms with Crippen LogP contribution in [-0.4, -0.2) is 42.6 Å². The van der Waals surface area contributed by atoms with Crippen LogP contribution in [0.4, 0.5) is 0 Å². The number of esters is 1. The van der Waals surface area contributed by atoms with E-state index in [1.807, 2.05) is 27.6 Å². The second-order valence-corrected chi connectivity index (χ2v) is 4.08. The summed E-state index contributed by atoms with van der Waals surface area (Å²) >= 11 is 0. The molecule has 6 heteroatoms. The van der Waals surface area contributed by atoms with E-state index in [9.17, 15) is 9.59 Å². The quantitative estimate of drug-likeness (QED) is 0.525. The standard InChI is InChI=1S/C11H20O5.CH2O/c1-4-11(2,3)16-8-7-15-10(14)6-5-9(12)13;1-2/h4-8H2,1-3H3,(H,12,13);1H2. The van der Waals surface area contributed by atoms with E-state index in [4.69, 9.17) is 19.4 Å². The summed E-state index contributed by atoms with van der Waals surface area (Å²) in [5.41, 5.74) is -0.215. The van der Waals surface area contributed by atoms with E-state index in [0.717, 1.165) is 6.42 Å². The van der Waals surface area contributed by atoms with Crippen LogP contribution in [0.3, 0.4) is 0 Å². The molecule has 0 aromatic carbocycles. The molecule has 0 unspecified atom stereocenters. The number of carboxylic acid groups (broad SMARTS) is 1. The van der Waals surface area contributed by atoms with Crippen molar-refractivity contribution >= 4 is 18.7 Å². The Balaban J connectivity index is 0. The van der Waals surface area contributed by atoms with Crippen molar-refractivity contribution in [1.82, 2.24) is 0 Å². The van der Waals surface area contributed by atoms with Gasteiger partial charge in [0.25, 0.3) is 0 Å². The Labute approximate surface area is 107 Å². The summed E-state index contributed by atoms with van der Waals surface area (Å²) in [5, 5.41) is 8.34. The van der Waals surface area contributed by atoms with Crippen LogP contribution in [0.15, 0.2) is 0 Å². The summed E-state index contributed by atoms with van der Waals surface area (Å²) in [6.07, 6.45) is 0.590. The maximum atomic E-state index is 11.0. The highest BCUT2D eigenvalue weighted by atomic mass is 16.6. The Bertz CT molecular complexity index is 249. The fourth-order valence-electron chi connectivity index (χ4n) is 0.857. The van der Waals surface area contributed by atoms with Crippen LogP contribution in [-0.2, 0) is 23.9 Å². The molecule has 0 atom stereocenters. The molecular weight excluding hydrogens is 240 g/mol. The fraction of sp³-hybridized carbons (Fsp3) is 0.750. The van der Waals surface area contributed by atoms with Crippen molar-refractivity contribution in [2.75, 3.05) is 13.2 Å². The van der Waals surface area contributed by atoms with Gasteiger partial charge in [0.15, 0.2) is 0 Å². The van der Waals surface area contributed by atoms with Crippen molar-refractivity contribution in [3.63, 3.8) is 0 Å². The molecule has 0 saturated heterocycles. The van der Waals surface area contributed by atoms with Crippen molar-refractivity contribution in [2.24, 2.45) is 0 Å². The zero-order valence-corrected chi connectivity index (χ0v) is 11.2. The summed E-state index contributed by atoms with van der Waals surface area (Å²) in [6.45, 7) is 8.43. The fourth-order valence-corrected chi connectivity index (χ4v) is 0.857. The van der Waals surface area contributed by atoms with Gasteiger partial charge in [0, 0.05) is 0 Å². The summed E-state index contributed by atoms with van der Waals surface area (Å²) in [7, 11) is 0. The van der Waals surface area contributed by atoms with E-state index >= 15 is 0 Å². The molecule has 6 nitrogen and oxygen atoms in total. The highest BCUT2D eigenvalue weighted by Gasteiger charge is 2.15. The number of carboxylic acids is 1. The van der Waals surface area contributed by atoms with Crippen molar-refractivity contribution in [2.45, 2.75) is 45.6 Å². The van der Waals surface area contributed by atoms with Crippen LogP contribution < -0.4 is 0 Å². The van der Waals surface area contributed by atoms with E-state index in [2.05, 4.69) is 0 Å². The van der Waals surface area contributed by atoms with E-state index in [-0.39, 0.29) is 25.0 Å². The van der Waals surface area contributed by atoms with Crippen LogP contribution >= 0.6 is 0 Å². The number of hydrogen-bond acceptors (Lipinski definition) is 5. The smallest absolute Gasteiger partial charge is 0.306 e. The van der Waals surface area contributed by atoms with Crippen LogP contribution in [0.2, 0.25) is 0 Å². The normalized spacial score (nSPS) is 10.2. The number of carbonyl (C=O) groups is 3. The van der Waals surface area contributed by atoms with Crippen LogP contribution in [0, 0.1) is 0 Å². The molecule has 0 amide bonds. The van der Waals surface area contributed by atoms with Crippen LogP contribution in [0.5, 0.6) is 0 Å². The maximum absolute atomic E-state index is 11.0. The molecule has 0 aliphatic heterocycles. The maximum Gasteiger partial charge on any atom is 0.306 e. The third-order valence-corrected chi connectivity index (χ3v) is 2.23. The summed E-state index contributed by atoms with van der Waals surface area (Å²) in [6, 6.07) is 0. The minimum atomic E-state index is -1.000. The Hall–Kier alpha value is -1.43. The number of rotatable bonds is 8. The largest absolute Gasteiger partial charge is 0.481 e. The molecule has 0 bridgehead atoms. The molecule has 0 aliphatic carbocycles. The first-order chi connectivity index (χ1) is 8.37. The zero-order valence-electron chi connectivity index (χ0n) is 11.2. The first-order valence-electron chi connectivity index (χ1n) is 5.67. The highest BCUT2D eigenvalue weighted by Crippen LogP contribution is 2.12. The van der Waals surface area contributed by atoms with Crippen molar-refractivity contribution < 1.29 is 29.0 Å². The monoisotopic (exact) mass is 262 g/mol. The number of aliphatic carboxylic acids is 1. The van der Waals surface area contributed by atoms with Gasteiger partial charge in [-0.05, 0) is 20.3 Å². The Kier molecular flexibility index (Phi) is 11.3. The predicted molar refractivity (Wildman–Crippen MR) is 65.3 cm³/mol. The molecule has 0 aromatic heterocycles. The van der Waals surface area contributed by atoms with Gasteiger partial charge in [-0.2, -0.15) is 0 Å². The van der Waals surface area contributed by atoms with E-state index in [1.165, 1.54) is 0 Å². The molecule has 0 spiro atoms. The SMILES string of the molecule is C=O.CCC(C)(C)OCCOC(=O)CCC(=O)O. The molecule has 0 fully saturated rings. The Morgan fingerprint density at radius 2 is 1.72 bits per heavy atom. The Morgan fingerprint density at radius 1 is 1.17 bits per heavy atom. The van der Waals surface area contributed by atoms with Crippen molar-refractivity contribution in [3.8, 4) is 0 Å². The number of hydrogen-bond donors (Lipinski definition) is 1. The van der Waals surface area contributed by atoms with E-state index in [1.54, 1.807) is 0 Å². The van der Waals surface area contributed by atoms with Crippen molar-refractivity contribution in [3.05, 3.63) is 0 Å². The molecule has 1 N–H and O–H groups in total. The average molecular weight is 262 g/mol. The van der Waals surface area contributed by atoms with Crippen LogP contribution in [0.1, 0.15) is 40.0 Å². The van der Waals surface area contributed by atoms with Crippen LogP contribution in [0.25, 0.3) is 0 Å². The van der Waals surface area contributed by atoms with Gasteiger partial charge in [-0.15, -0.1) is 0 Å². The second-order valence-electron chi connectivity index (χ2n) is 4.08. The molecule has 106 valence electrons. The first-order valence-corrected chi connectivity index (χ1v) is 5.67. The summed E-state index contributed by atoms with van der Waals surface area (Å²) in [4.78, 5) is 29.2. The zero-order chi connectivity index (χ0) is 14.6. The highest BCUT2D eigenvalue weighted by molar-refractivity contribution is 5.76. The summed E-state index contributed by atoms with van der Waals surface area (Å²) < 4.78 is 10.3. The molecule has 0 aliphatic rings. The lowest BCUT2D eigenvalue weighted by Gasteiger charge is -2.23. The van der Waals surface area contributed by atoms with Gasteiger partial charge in [0.2, 0.25) is 0 Å². The number of carbonyl (C=O) groups excluding carboxylic acids is 2. The van der Waals surface area contributed by atoms with Gasteiger partial charge in [-0.25, -0.2) is 0 Å². The van der Waals surface area contributed by atoms with E-state index in [0.29, 0.717) is 6.61 Å². The third-order valence-electron chi connectivity index (χ3n) is 2.23.